The predicted molar refractivity (Wildman–Crippen MR) is 88.6 cm³/mol. The molecule has 23 heavy (non-hydrogen) atoms. The van der Waals surface area contributed by atoms with Gasteiger partial charge in [0.1, 0.15) is 11.2 Å². The Labute approximate surface area is 132 Å². The van der Waals surface area contributed by atoms with E-state index in [9.17, 15) is 9.59 Å². The Kier molecular flexibility index (Phi) is 3.89. The Bertz CT molecular complexity index is 932. The highest BCUT2D eigenvalue weighted by Gasteiger charge is 2.16. The highest BCUT2D eigenvalue weighted by atomic mass is 16.2. The van der Waals surface area contributed by atoms with Crippen molar-refractivity contribution >= 4 is 22.6 Å². The van der Waals surface area contributed by atoms with Crippen molar-refractivity contribution in [1.82, 2.24) is 14.5 Å². The summed E-state index contributed by atoms with van der Waals surface area (Å²) < 4.78 is 1.81. The molecule has 0 aromatic carbocycles. The van der Waals surface area contributed by atoms with E-state index in [2.05, 4.69) is 15.3 Å². The van der Waals surface area contributed by atoms with Crippen molar-refractivity contribution in [3.8, 4) is 0 Å². The van der Waals surface area contributed by atoms with Gasteiger partial charge in [-0.15, -0.1) is 0 Å². The Morgan fingerprint density at radius 2 is 1.96 bits per heavy atom. The van der Waals surface area contributed by atoms with Crippen molar-refractivity contribution < 1.29 is 4.79 Å². The summed E-state index contributed by atoms with van der Waals surface area (Å²) >= 11 is 0. The number of carbonyl (C=O) groups is 1. The number of hydrogen-bond donors (Lipinski definition) is 1. The fraction of sp³-hybridized carbons (Fsp3) is 0.176. The van der Waals surface area contributed by atoms with Gasteiger partial charge < -0.3 is 9.88 Å². The zero-order valence-corrected chi connectivity index (χ0v) is 12.9. The lowest BCUT2D eigenvalue weighted by Gasteiger charge is -2.11. The van der Waals surface area contributed by atoms with Crippen LogP contribution in [0.5, 0.6) is 0 Å². The lowest BCUT2D eigenvalue weighted by molar-refractivity contribution is 0.102. The number of aromatic nitrogens is 3. The highest BCUT2D eigenvalue weighted by molar-refractivity contribution is 6.05. The number of rotatable bonds is 3. The predicted octanol–water partition coefficient (Wildman–Crippen LogP) is 2.37. The van der Waals surface area contributed by atoms with Gasteiger partial charge in [-0.05, 0) is 38.1 Å². The minimum absolute atomic E-state index is 0.0989. The monoisotopic (exact) mass is 308 g/mol. The fourth-order valence-corrected chi connectivity index (χ4v) is 2.40. The molecule has 0 fully saturated rings. The van der Waals surface area contributed by atoms with Gasteiger partial charge in [-0.3, -0.25) is 14.6 Å². The van der Waals surface area contributed by atoms with Crippen LogP contribution in [0, 0.1) is 6.92 Å². The Morgan fingerprint density at radius 3 is 2.65 bits per heavy atom. The third kappa shape index (κ3) is 2.83. The summed E-state index contributed by atoms with van der Waals surface area (Å²) in [5.74, 6) is -0.439. The zero-order chi connectivity index (χ0) is 16.4. The van der Waals surface area contributed by atoms with Gasteiger partial charge in [0.25, 0.3) is 5.91 Å². The highest BCUT2D eigenvalue weighted by Crippen LogP contribution is 2.12. The molecule has 0 aliphatic rings. The summed E-state index contributed by atoms with van der Waals surface area (Å²) in [7, 11) is 0. The molecular weight excluding hydrogens is 292 g/mol. The first-order valence-corrected chi connectivity index (χ1v) is 7.32. The Morgan fingerprint density at radius 1 is 1.22 bits per heavy atom. The topological polar surface area (TPSA) is 76.9 Å². The molecule has 0 saturated carbocycles. The average Bonchev–Trinajstić information content (AvgIpc) is 2.56. The van der Waals surface area contributed by atoms with Crippen molar-refractivity contribution in [1.29, 1.82) is 0 Å². The molecule has 0 atom stereocenters. The van der Waals surface area contributed by atoms with Crippen LogP contribution in [0.3, 0.4) is 0 Å². The first kappa shape index (κ1) is 14.9. The van der Waals surface area contributed by atoms with E-state index in [1.165, 1.54) is 0 Å². The van der Waals surface area contributed by atoms with Gasteiger partial charge in [-0.25, -0.2) is 4.98 Å². The minimum atomic E-state index is -0.439. The number of carbonyl (C=O) groups excluding carboxylic acids is 1. The van der Waals surface area contributed by atoms with Gasteiger partial charge in [0, 0.05) is 36.5 Å². The van der Waals surface area contributed by atoms with Gasteiger partial charge >= 0.3 is 0 Å². The van der Waals surface area contributed by atoms with Crippen LogP contribution in [0.1, 0.15) is 23.0 Å². The van der Waals surface area contributed by atoms with Crippen LogP contribution >= 0.6 is 0 Å². The maximum absolute atomic E-state index is 12.6. The first-order chi connectivity index (χ1) is 11.1. The minimum Gasteiger partial charge on any atom is -0.332 e. The molecule has 0 unspecified atom stereocenters. The maximum atomic E-state index is 12.6. The lowest BCUT2D eigenvalue weighted by Crippen LogP contribution is -2.24. The third-order valence-corrected chi connectivity index (χ3v) is 3.58. The summed E-state index contributed by atoms with van der Waals surface area (Å²) in [6.07, 6.45) is 4.72. The van der Waals surface area contributed by atoms with E-state index in [1.807, 2.05) is 18.4 Å². The molecule has 6 nitrogen and oxygen atoms in total. The molecule has 3 aromatic heterocycles. The molecule has 0 radical (unpaired) electrons. The molecular formula is C17H16N4O2. The van der Waals surface area contributed by atoms with E-state index in [1.54, 1.807) is 42.9 Å². The fourth-order valence-electron chi connectivity index (χ4n) is 2.40. The van der Waals surface area contributed by atoms with Gasteiger partial charge in [0.15, 0.2) is 0 Å². The van der Waals surface area contributed by atoms with Crippen LogP contribution in [0.2, 0.25) is 0 Å². The second-order valence-corrected chi connectivity index (χ2v) is 5.17. The molecule has 0 spiro atoms. The standard InChI is InChI=1S/C17H16N4O2/c1-3-21-10-14(17(23)20-12-6-8-18-9-7-12)15(22)13-5-4-11(2)19-16(13)21/h4-10H,3H2,1-2H3,(H,18,20,23). The van der Waals surface area contributed by atoms with Crippen molar-refractivity contribution in [2.24, 2.45) is 0 Å². The summed E-state index contributed by atoms with van der Waals surface area (Å²) in [5, 5.41) is 3.16. The molecule has 3 aromatic rings. The second-order valence-electron chi connectivity index (χ2n) is 5.17. The number of nitrogens with one attached hydrogen (secondary N) is 1. The van der Waals surface area contributed by atoms with E-state index in [0.29, 0.717) is 23.3 Å². The largest absolute Gasteiger partial charge is 0.332 e. The van der Waals surface area contributed by atoms with Gasteiger partial charge in [-0.1, -0.05) is 0 Å². The van der Waals surface area contributed by atoms with Crippen LogP contribution in [0.15, 0.2) is 47.7 Å². The number of hydrogen-bond acceptors (Lipinski definition) is 4. The van der Waals surface area contributed by atoms with E-state index in [0.717, 1.165) is 5.69 Å². The van der Waals surface area contributed by atoms with Gasteiger partial charge in [0.2, 0.25) is 5.43 Å². The van der Waals surface area contributed by atoms with E-state index >= 15 is 0 Å². The number of amides is 1. The molecule has 3 heterocycles. The molecule has 0 aliphatic carbocycles. The van der Waals surface area contributed by atoms with E-state index < -0.39 is 5.91 Å². The van der Waals surface area contributed by atoms with Gasteiger partial charge in [-0.2, -0.15) is 0 Å². The van der Waals surface area contributed by atoms with E-state index in [-0.39, 0.29) is 11.0 Å². The van der Waals surface area contributed by atoms with Crippen LogP contribution < -0.4 is 10.7 Å². The van der Waals surface area contributed by atoms with Crippen molar-refractivity contribution in [3.05, 3.63) is 64.3 Å². The number of anilines is 1. The van der Waals surface area contributed by atoms with Crippen molar-refractivity contribution in [2.45, 2.75) is 20.4 Å². The molecule has 1 N–H and O–H groups in total. The Balaban J connectivity index is 2.11. The SMILES string of the molecule is CCn1cc(C(=O)Nc2ccncc2)c(=O)c2ccc(C)nc21. The molecule has 0 saturated heterocycles. The Hall–Kier alpha value is -3.02. The van der Waals surface area contributed by atoms with Crippen molar-refractivity contribution in [3.63, 3.8) is 0 Å². The normalized spacial score (nSPS) is 10.7. The summed E-state index contributed by atoms with van der Waals surface area (Å²) in [6, 6.07) is 6.83. The van der Waals surface area contributed by atoms with Crippen molar-refractivity contribution in [2.75, 3.05) is 5.32 Å². The number of aryl methyl sites for hydroxylation is 2. The molecule has 0 bridgehead atoms. The maximum Gasteiger partial charge on any atom is 0.261 e. The molecule has 1 amide bonds. The summed E-state index contributed by atoms with van der Waals surface area (Å²) in [6.45, 7) is 4.43. The molecule has 0 aliphatic heterocycles. The second kappa shape index (κ2) is 6.00. The quantitative estimate of drug-likeness (QED) is 0.806. The smallest absolute Gasteiger partial charge is 0.261 e. The third-order valence-electron chi connectivity index (χ3n) is 3.58. The number of fused-ring (bicyclic) bond motifs is 1. The molecule has 3 rings (SSSR count). The number of pyridine rings is 3. The average molecular weight is 308 g/mol. The van der Waals surface area contributed by atoms with Crippen LogP contribution in [0.25, 0.3) is 11.0 Å². The molecule has 116 valence electrons. The molecule has 6 heteroatoms. The van der Waals surface area contributed by atoms with Gasteiger partial charge in [0.05, 0.1) is 5.39 Å². The first-order valence-electron chi connectivity index (χ1n) is 7.32. The van der Waals surface area contributed by atoms with Crippen LogP contribution in [-0.4, -0.2) is 20.4 Å². The lowest BCUT2D eigenvalue weighted by atomic mass is 10.1. The van der Waals surface area contributed by atoms with Crippen LogP contribution in [-0.2, 0) is 6.54 Å². The van der Waals surface area contributed by atoms with Crippen LogP contribution in [0.4, 0.5) is 5.69 Å². The number of nitrogens with zero attached hydrogens (tertiary/aromatic N) is 3. The summed E-state index contributed by atoms with van der Waals surface area (Å²) in [5.41, 5.74) is 1.80. The zero-order valence-electron chi connectivity index (χ0n) is 12.9. The van der Waals surface area contributed by atoms with E-state index in [4.69, 9.17) is 0 Å². The summed E-state index contributed by atoms with van der Waals surface area (Å²) in [4.78, 5) is 33.4.